The fourth-order valence-corrected chi connectivity index (χ4v) is 1.73. The molecule has 68 valence electrons. The summed E-state index contributed by atoms with van der Waals surface area (Å²) in [7, 11) is 1.74. The maximum atomic E-state index is 9.51. The molecule has 0 saturated heterocycles. The molecular formula is C8H15N3O. The molecule has 0 fully saturated rings. The maximum Gasteiger partial charge on any atom is 0.120 e. The highest BCUT2D eigenvalue weighted by atomic mass is 16.3. The van der Waals surface area contributed by atoms with E-state index in [9.17, 15) is 5.11 Å². The first-order chi connectivity index (χ1) is 5.57. The van der Waals surface area contributed by atoms with Crippen molar-refractivity contribution in [3.63, 3.8) is 0 Å². The Kier molecular flexibility index (Phi) is 2.38. The second kappa shape index (κ2) is 3.15. The summed E-state index contributed by atoms with van der Waals surface area (Å²) in [5.41, 5.74) is 6.85. The molecule has 4 nitrogen and oxygen atoms in total. The van der Waals surface area contributed by atoms with Gasteiger partial charge >= 0.3 is 0 Å². The molecule has 1 rings (SSSR count). The number of hydrogen-bond acceptors (Lipinski definition) is 3. The van der Waals surface area contributed by atoms with Crippen LogP contribution in [0.1, 0.15) is 13.3 Å². The molecule has 1 aliphatic rings. The Morgan fingerprint density at radius 1 is 1.75 bits per heavy atom. The van der Waals surface area contributed by atoms with Crippen molar-refractivity contribution in [2.75, 3.05) is 7.05 Å². The number of amidine groups is 1. The van der Waals surface area contributed by atoms with Crippen molar-refractivity contribution in [2.24, 2.45) is 11.7 Å². The second-order valence-corrected chi connectivity index (χ2v) is 3.14. The summed E-state index contributed by atoms with van der Waals surface area (Å²) < 4.78 is 0. The molecular weight excluding hydrogens is 154 g/mol. The van der Waals surface area contributed by atoms with Gasteiger partial charge in [0.25, 0.3) is 0 Å². The molecule has 0 saturated carbocycles. The predicted octanol–water partition coefficient (Wildman–Crippen LogP) is -0.203. The van der Waals surface area contributed by atoms with Gasteiger partial charge in [-0.2, -0.15) is 0 Å². The standard InChI is InChI=1S/C8H15N3O/c1-4-3-5(12)7(11-2)6(4)8(9)10/h4-5,11-12H,3H2,1-2H3,(H3,9,10). The van der Waals surface area contributed by atoms with E-state index in [0.717, 1.165) is 5.57 Å². The molecule has 0 aromatic heterocycles. The van der Waals surface area contributed by atoms with Crippen molar-refractivity contribution in [1.82, 2.24) is 5.32 Å². The largest absolute Gasteiger partial charge is 0.389 e. The molecule has 12 heavy (non-hydrogen) atoms. The van der Waals surface area contributed by atoms with Crippen LogP contribution >= 0.6 is 0 Å². The van der Waals surface area contributed by atoms with Gasteiger partial charge in [-0.05, 0) is 12.3 Å². The minimum Gasteiger partial charge on any atom is -0.389 e. The number of aliphatic hydroxyl groups excluding tert-OH is 1. The highest BCUT2D eigenvalue weighted by Crippen LogP contribution is 2.29. The molecule has 0 aromatic carbocycles. The quantitative estimate of drug-likeness (QED) is 0.341. The molecule has 0 aliphatic heterocycles. The van der Waals surface area contributed by atoms with Crippen molar-refractivity contribution < 1.29 is 5.11 Å². The van der Waals surface area contributed by atoms with Crippen LogP contribution in [0.25, 0.3) is 0 Å². The van der Waals surface area contributed by atoms with Crippen LogP contribution in [0.2, 0.25) is 0 Å². The predicted molar refractivity (Wildman–Crippen MR) is 47.8 cm³/mol. The lowest BCUT2D eigenvalue weighted by Crippen LogP contribution is -2.22. The minimum atomic E-state index is -0.483. The fourth-order valence-electron chi connectivity index (χ4n) is 1.73. The van der Waals surface area contributed by atoms with Crippen LogP contribution in [0.5, 0.6) is 0 Å². The molecule has 4 heteroatoms. The number of likely N-dealkylation sites (N-methyl/N-ethyl adjacent to an activating group) is 1. The van der Waals surface area contributed by atoms with E-state index in [1.807, 2.05) is 6.92 Å². The van der Waals surface area contributed by atoms with Crippen molar-refractivity contribution in [2.45, 2.75) is 19.4 Å². The molecule has 0 aromatic rings. The van der Waals surface area contributed by atoms with Crippen molar-refractivity contribution in [1.29, 1.82) is 5.41 Å². The first-order valence-electron chi connectivity index (χ1n) is 4.02. The average molecular weight is 169 g/mol. The Bertz CT molecular complexity index is 234. The number of aliphatic hydroxyl groups is 1. The molecule has 0 spiro atoms. The lowest BCUT2D eigenvalue weighted by atomic mass is 10.0. The van der Waals surface area contributed by atoms with Crippen LogP contribution in [0, 0.1) is 11.3 Å². The SMILES string of the molecule is CNC1=C(C(=N)N)C(C)CC1O. The van der Waals surface area contributed by atoms with E-state index in [1.54, 1.807) is 7.05 Å². The number of nitrogens with one attached hydrogen (secondary N) is 2. The summed E-state index contributed by atoms with van der Waals surface area (Å²) in [6.07, 6.45) is 0.175. The van der Waals surface area contributed by atoms with Gasteiger partial charge in [0.15, 0.2) is 0 Å². The highest BCUT2D eigenvalue weighted by Gasteiger charge is 2.30. The van der Waals surface area contributed by atoms with Gasteiger partial charge in [-0.25, -0.2) is 0 Å². The molecule has 0 heterocycles. The highest BCUT2D eigenvalue weighted by molar-refractivity contribution is 5.96. The van der Waals surface area contributed by atoms with Crippen molar-refractivity contribution in [3.05, 3.63) is 11.3 Å². The van der Waals surface area contributed by atoms with E-state index in [0.29, 0.717) is 12.1 Å². The minimum absolute atomic E-state index is 0.0587. The first kappa shape index (κ1) is 9.06. The van der Waals surface area contributed by atoms with Gasteiger partial charge in [0.1, 0.15) is 5.84 Å². The Morgan fingerprint density at radius 2 is 2.33 bits per heavy atom. The maximum absolute atomic E-state index is 9.51. The number of rotatable bonds is 2. The topological polar surface area (TPSA) is 82.1 Å². The summed E-state index contributed by atoms with van der Waals surface area (Å²) in [5, 5.41) is 19.7. The van der Waals surface area contributed by atoms with Crippen molar-refractivity contribution in [3.8, 4) is 0 Å². The lowest BCUT2D eigenvalue weighted by Gasteiger charge is -2.09. The smallest absolute Gasteiger partial charge is 0.120 e. The van der Waals surface area contributed by atoms with E-state index < -0.39 is 6.10 Å². The number of nitrogens with two attached hydrogens (primary N) is 1. The zero-order valence-electron chi connectivity index (χ0n) is 7.39. The third-order valence-electron chi connectivity index (χ3n) is 2.25. The second-order valence-electron chi connectivity index (χ2n) is 3.14. The monoisotopic (exact) mass is 169 g/mol. The molecule has 0 amide bonds. The zero-order valence-corrected chi connectivity index (χ0v) is 7.39. The molecule has 2 unspecified atom stereocenters. The summed E-state index contributed by atoms with van der Waals surface area (Å²) in [6.45, 7) is 1.96. The van der Waals surface area contributed by atoms with Crippen LogP contribution in [0.15, 0.2) is 11.3 Å². The van der Waals surface area contributed by atoms with E-state index >= 15 is 0 Å². The third-order valence-corrected chi connectivity index (χ3v) is 2.25. The van der Waals surface area contributed by atoms with Crippen molar-refractivity contribution >= 4 is 5.84 Å². The van der Waals surface area contributed by atoms with Crippen LogP contribution in [0.3, 0.4) is 0 Å². The van der Waals surface area contributed by atoms with Gasteiger partial charge in [-0.15, -0.1) is 0 Å². The Hall–Kier alpha value is -1.03. The molecule has 2 atom stereocenters. The van der Waals surface area contributed by atoms with Gasteiger partial charge in [-0.1, -0.05) is 6.92 Å². The first-order valence-corrected chi connectivity index (χ1v) is 4.02. The Labute approximate surface area is 72.0 Å². The van der Waals surface area contributed by atoms with E-state index in [-0.39, 0.29) is 11.8 Å². The summed E-state index contributed by atoms with van der Waals surface area (Å²) in [6, 6.07) is 0. The molecule has 0 radical (unpaired) electrons. The molecule has 0 bridgehead atoms. The van der Waals surface area contributed by atoms with Gasteiger partial charge < -0.3 is 16.2 Å². The van der Waals surface area contributed by atoms with Crippen LogP contribution < -0.4 is 11.1 Å². The summed E-state index contributed by atoms with van der Waals surface area (Å²) >= 11 is 0. The van der Waals surface area contributed by atoms with E-state index in [1.165, 1.54) is 0 Å². The fraction of sp³-hybridized carbons (Fsp3) is 0.625. The van der Waals surface area contributed by atoms with E-state index in [2.05, 4.69) is 5.32 Å². The average Bonchev–Trinajstić information content (AvgIpc) is 2.24. The molecule has 5 N–H and O–H groups in total. The summed E-state index contributed by atoms with van der Waals surface area (Å²) in [4.78, 5) is 0. The van der Waals surface area contributed by atoms with Gasteiger partial charge in [0, 0.05) is 18.3 Å². The van der Waals surface area contributed by atoms with Crippen LogP contribution in [0.4, 0.5) is 0 Å². The third kappa shape index (κ3) is 1.30. The van der Waals surface area contributed by atoms with Gasteiger partial charge in [-0.3, -0.25) is 5.41 Å². The van der Waals surface area contributed by atoms with E-state index in [4.69, 9.17) is 11.1 Å². The summed E-state index contributed by atoms with van der Waals surface area (Å²) in [5.74, 6) is 0.239. The Balaban J connectivity index is 3.01. The zero-order chi connectivity index (χ0) is 9.30. The van der Waals surface area contributed by atoms with Gasteiger partial charge in [0.05, 0.1) is 6.10 Å². The van der Waals surface area contributed by atoms with Crippen LogP contribution in [-0.4, -0.2) is 24.1 Å². The lowest BCUT2D eigenvalue weighted by molar-refractivity contribution is 0.196. The number of hydrogen-bond donors (Lipinski definition) is 4. The van der Waals surface area contributed by atoms with Crippen LogP contribution in [-0.2, 0) is 0 Å². The normalized spacial score (nSPS) is 29.2. The Morgan fingerprint density at radius 3 is 2.67 bits per heavy atom. The molecule has 1 aliphatic carbocycles. The van der Waals surface area contributed by atoms with Gasteiger partial charge in [0.2, 0.25) is 0 Å².